The highest BCUT2D eigenvalue weighted by Gasteiger charge is 2.42. The van der Waals surface area contributed by atoms with Crippen molar-refractivity contribution in [2.24, 2.45) is 0 Å². The second kappa shape index (κ2) is 6.97. The third-order valence-corrected chi connectivity index (χ3v) is 5.29. The molecule has 5 heteroatoms. The zero-order chi connectivity index (χ0) is 16.3. The lowest BCUT2D eigenvalue weighted by atomic mass is 9.82. The molecule has 2 aliphatic rings. The van der Waals surface area contributed by atoms with E-state index in [1.807, 2.05) is 17.0 Å². The Morgan fingerprint density at radius 2 is 2.22 bits per heavy atom. The maximum Gasteiger partial charge on any atom is 0.272 e. The summed E-state index contributed by atoms with van der Waals surface area (Å²) in [6.45, 7) is 5.67. The molecule has 0 aliphatic carbocycles. The van der Waals surface area contributed by atoms with Gasteiger partial charge in [-0.3, -0.25) is 9.78 Å². The number of carbonyl (C=O) groups is 1. The average Bonchev–Trinajstić information content (AvgIpc) is 2.59. The molecule has 126 valence electrons. The number of hydrogen-bond donors (Lipinski definition) is 0. The van der Waals surface area contributed by atoms with Gasteiger partial charge in [0, 0.05) is 38.5 Å². The van der Waals surface area contributed by atoms with Gasteiger partial charge in [0.15, 0.2) is 0 Å². The number of nitrogens with zero attached hydrogens (tertiary/aromatic N) is 3. The third-order valence-electron chi connectivity index (χ3n) is 5.29. The molecule has 2 saturated heterocycles. The lowest BCUT2D eigenvalue weighted by Crippen LogP contribution is -2.54. The van der Waals surface area contributed by atoms with Crippen LogP contribution in [0.1, 0.15) is 43.1 Å². The van der Waals surface area contributed by atoms with E-state index in [-0.39, 0.29) is 17.6 Å². The molecule has 0 radical (unpaired) electrons. The molecule has 0 unspecified atom stereocenters. The Morgan fingerprint density at radius 3 is 2.87 bits per heavy atom. The summed E-state index contributed by atoms with van der Waals surface area (Å²) in [7, 11) is 2.16. The minimum atomic E-state index is -0.0345. The summed E-state index contributed by atoms with van der Waals surface area (Å²) in [4.78, 5) is 21.4. The summed E-state index contributed by atoms with van der Waals surface area (Å²) < 4.78 is 6.18. The van der Waals surface area contributed by atoms with Crippen LogP contribution in [0.25, 0.3) is 0 Å². The lowest BCUT2D eigenvalue weighted by Gasteiger charge is -2.47. The van der Waals surface area contributed by atoms with E-state index in [2.05, 4.69) is 23.9 Å². The zero-order valence-electron chi connectivity index (χ0n) is 14.2. The van der Waals surface area contributed by atoms with E-state index >= 15 is 0 Å². The first-order valence-corrected chi connectivity index (χ1v) is 8.68. The SMILES string of the molecule is CCN(C(=O)c1ccccn1)[C@@H]1CCOC2(CCN(C)CC2)C1. The molecule has 3 heterocycles. The Morgan fingerprint density at radius 1 is 1.43 bits per heavy atom. The van der Waals surface area contributed by atoms with Gasteiger partial charge in [0.2, 0.25) is 0 Å². The number of aromatic nitrogens is 1. The number of piperidine rings is 1. The Hall–Kier alpha value is -1.46. The molecule has 0 saturated carbocycles. The highest BCUT2D eigenvalue weighted by Crippen LogP contribution is 2.36. The predicted octanol–water partition coefficient (Wildman–Crippen LogP) is 2.19. The van der Waals surface area contributed by atoms with Crippen LogP contribution in [-0.2, 0) is 4.74 Å². The van der Waals surface area contributed by atoms with E-state index in [1.165, 1.54) is 0 Å². The number of ether oxygens (including phenoxy) is 1. The van der Waals surface area contributed by atoms with Gasteiger partial charge in [0.25, 0.3) is 5.91 Å². The van der Waals surface area contributed by atoms with Gasteiger partial charge in [-0.2, -0.15) is 0 Å². The van der Waals surface area contributed by atoms with Crippen LogP contribution >= 0.6 is 0 Å². The monoisotopic (exact) mass is 317 g/mol. The van der Waals surface area contributed by atoms with Crippen LogP contribution in [0.4, 0.5) is 0 Å². The van der Waals surface area contributed by atoms with Crippen LogP contribution in [0.15, 0.2) is 24.4 Å². The van der Waals surface area contributed by atoms with E-state index < -0.39 is 0 Å². The number of hydrogen-bond acceptors (Lipinski definition) is 4. The van der Waals surface area contributed by atoms with Crippen molar-refractivity contribution in [2.75, 3.05) is 33.3 Å². The summed E-state index contributed by atoms with van der Waals surface area (Å²) in [5, 5.41) is 0. The minimum absolute atomic E-state index is 0.0345. The van der Waals surface area contributed by atoms with Gasteiger partial charge in [0.05, 0.1) is 5.60 Å². The molecular weight excluding hydrogens is 290 g/mol. The van der Waals surface area contributed by atoms with Crippen molar-refractivity contribution in [2.45, 2.75) is 44.2 Å². The average molecular weight is 317 g/mol. The largest absolute Gasteiger partial charge is 0.375 e. The standard InChI is InChI=1S/C18H27N3O2/c1-3-21(17(22)16-6-4-5-10-19-16)15-7-13-23-18(14-15)8-11-20(2)12-9-18/h4-6,10,15H,3,7-9,11-14H2,1-2H3/t15-/m1/s1. The fourth-order valence-electron chi connectivity index (χ4n) is 3.85. The molecular formula is C18H27N3O2. The van der Waals surface area contributed by atoms with Gasteiger partial charge in [0.1, 0.15) is 5.69 Å². The molecule has 0 aromatic carbocycles. The minimum Gasteiger partial charge on any atom is -0.375 e. The van der Waals surface area contributed by atoms with Gasteiger partial charge in [-0.15, -0.1) is 0 Å². The topological polar surface area (TPSA) is 45.7 Å². The van der Waals surface area contributed by atoms with Crippen molar-refractivity contribution in [3.8, 4) is 0 Å². The van der Waals surface area contributed by atoms with E-state index in [0.29, 0.717) is 5.69 Å². The number of carbonyl (C=O) groups excluding carboxylic acids is 1. The maximum atomic E-state index is 12.8. The number of likely N-dealkylation sites (tertiary alicyclic amines) is 1. The molecule has 23 heavy (non-hydrogen) atoms. The van der Waals surface area contributed by atoms with Crippen molar-refractivity contribution >= 4 is 5.91 Å². The number of rotatable bonds is 3. The molecule has 1 amide bonds. The molecule has 2 aliphatic heterocycles. The fraction of sp³-hybridized carbons (Fsp3) is 0.667. The van der Waals surface area contributed by atoms with Crippen molar-refractivity contribution in [1.29, 1.82) is 0 Å². The molecule has 0 bridgehead atoms. The summed E-state index contributed by atoms with van der Waals surface area (Å²) >= 11 is 0. The third kappa shape index (κ3) is 3.56. The van der Waals surface area contributed by atoms with E-state index in [9.17, 15) is 4.79 Å². The normalized spacial score (nSPS) is 24.5. The van der Waals surface area contributed by atoms with Crippen LogP contribution in [0.2, 0.25) is 0 Å². The quantitative estimate of drug-likeness (QED) is 0.857. The second-order valence-corrected chi connectivity index (χ2v) is 6.79. The first-order valence-electron chi connectivity index (χ1n) is 8.68. The summed E-state index contributed by atoms with van der Waals surface area (Å²) in [5.41, 5.74) is 0.506. The van der Waals surface area contributed by atoms with Crippen molar-refractivity contribution < 1.29 is 9.53 Å². The smallest absolute Gasteiger partial charge is 0.272 e. The van der Waals surface area contributed by atoms with Gasteiger partial charge < -0.3 is 14.5 Å². The Balaban J connectivity index is 1.72. The maximum absolute atomic E-state index is 12.8. The number of pyridine rings is 1. The first kappa shape index (κ1) is 16.4. The fourth-order valence-corrected chi connectivity index (χ4v) is 3.85. The Kier molecular flexibility index (Phi) is 4.97. The van der Waals surface area contributed by atoms with Crippen molar-refractivity contribution in [3.05, 3.63) is 30.1 Å². The van der Waals surface area contributed by atoms with Gasteiger partial charge in [-0.05, 0) is 51.8 Å². The van der Waals surface area contributed by atoms with Gasteiger partial charge >= 0.3 is 0 Å². The first-order chi connectivity index (χ1) is 11.1. The molecule has 2 fully saturated rings. The van der Waals surface area contributed by atoms with Crippen LogP contribution in [0, 0.1) is 0 Å². The Bertz CT molecular complexity index is 526. The predicted molar refractivity (Wildman–Crippen MR) is 89.4 cm³/mol. The molecule has 1 atom stereocenters. The molecule has 0 N–H and O–H groups in total. The summed E-state index contributed by atoms with van der Waals surface area (Å²) in [5.74, 6) is 0.0445. The van der Waals surface area contributed by atoms with Crippen LogP contribution in [-0.4, -0.2) is 65.6 Å². The highest BCUT2D eigenvalue weighted by molar-refractivity contribution is 5.92. The van der Waals surface area contributed by atoms with E-state index in [0.717, 1.165) is 51.9 Å². The molecule has 5 nitrogen and oxygen atoms in total. The van der Waals surface area contributed by atoms with Gasteiger partial charge in [-0.1, -0.05) is 6.07 Å². The van der Waals surface area contributed by atoms with Crippen molar-refractivity contribution in [3.63, 3.8) is 0 Å². The molecule has 1 aromatic heterocycles. The van der Waals surface area contributed by atoms with Crippen LogP contribution < -0.4 is 0 Å². The molecule has 1 spiro atoms. The summed E-state index contributed by atoms with van der Waals surface area (Å²) in [6, 6.07) is 5.77. The van der Waals surface area contributed by atoms with Crippen molar-refractivity contribution in [1.82, 2.24) is 14.8 Å². The van der Waals surface area contributed by atoms with E-state index in [4.69, 9.17) is 4.74 Å². The number of amides is 1. The van der Waals surface area contributed by atoms with E-state index in [1.54, 1.807) is 12.3 Å². The van der Waals surface area contributed by atoms with Gasteiger partial charge in [-0.25, -0.2) is 0 Å². The highest BCUT2D eigenvalue weighted by atomic mass is 16.5. The molecule has 1 aromatic rings. The Labute approximate surface area is 138 Å². The zero-order valence-corrected chi connectivity index (χ0v) is 14.2. The molecule has 3 rings (SSSR count). The van der Waals surface area contributed by atoms with Crippen LogP contribution in [0.5, 0.6) is 0 Å². The van der Waals surface area contributed by atoms with Crippen LogP contribution in [0.3, 0.4) is 0 Å². The lowest BCUT2D eigenvalue weighted by molar-refractivity contribution is -0.127. The summed E-state index contributed by atoms with van der Waals surface area (Å²) in [6.07, 6.45) is 5.69. The second-order valence-electron chi connectivity index (χ2n) is 6.79.